The van der Waals surface area contributed by atoms with Gasteiger partial charge in [-0.25, -0.2) is 9.97 Å². The summed E-state index contributed by atoms with van der Waals surface area (Å²) in [5.41, 5.74) is 12.5. The molecule has 0 bridgehead atoms. The maximum Gasteiger partial charge on any atom is 0.160 e. The molecule has 12 aromatic rings. The Hall–Kier alpha value is -8.54. The number of anilines is 3. The molecule has 1 aliphatic rings. The maximum atomic E-state index is 6.72. The quantitative estimate of drug-likeness (QED) is 0.163. The van der Waals surface area contributed by atoms with E-state index in [1.807, 2.05) is 18.2 Å². The van der Waals surface area contributed by atoms with E-state index < -0.39 is 0 Å². The third kappa shape index (κ3) is 5.57. The van der Waals surface area contributed by atoms with Crippen molar-refractivity contribution in [2.45, 2.75) is 0 Å². The number of fused-ring (bicyclic) bond motifs is 10. The van der Waals surface area contributed by atoms with Gasteiger partial charge in [0, 0.05) is 44.0 Å². The van der Waals surface area contributed by atoms with Crippen molar-refractivity contribution in [1.82, 2.24) is 14.5 Å². The summed E-state index contributed by atoms with van der Waals surface area (Å²) < 4.78 is 9.12. The first-order chi connectivity index (χ1) is 31.2. The lowest BCUT2D eigenvalue weighted by Crippen LogP contribution is -2.15. The van der Waals surface area contributed by atoms with Crippen molar-refractivity contribution in [3.63, 3.8) is 0 Å². The molecule has 0 spiro atoms. The van der Waals surface area contributed by atoms with E-state index in [0.29, 0.717) is 5.82 Å². The zero-order valence-corrected chi connectivity index (χ0v) is 34.0. The van der Waals surface area contributed by atoms with E-state index in [0.717, 1.165) is 94.9 Å². The highest BCUT2D eigenvalue weighted by Crippen LogP contribution is 2.52. The highest BCUT2D eigenvalue weighted by Gasteiger charge is 2.27. The number of hydrogen-bond acceptors (Lipinski definition) is 4. The first-order valence-electron chi connectivity index (χ1n) is 21.3. The molecule has 294 valence electrons. The van der Waals surface area contributed by atoms with Gasteiger partial charge in [-0.1, -0.05) is 152 Å². The molecule has 0 amide bonds. The Morgan fingerprint density at radius 2 is 1.05 bits per heavy atom. The van der Waals surface area contributed by atoms with Crippen LogP contribution in [0, 0.1) is 0 Å². The van der Waals surface area contributed by atoms with E-state index in [-0.39, 0.29) is 0 Å². The van der Waals surface area contributed by atoms with Crippen molar-refractivity contribution in [2.75, 3.05) is 4.90 Å². The normalized spacial score (nSPS) is 12.2. The van der Waals surface area contributed by atoms with Crippen molar-refractivity contribution in [3.05, 3.63) is 218 Å². The van der Waals surface area contributed by atoms with Crippen LogP contribution in [0.2, 0.25) is 0 Å². The fraction of sp³-hybridized carbons (Fsp3) is 0. The monoisotopic (exact) mass is 804 g/mol. The van der Waals surface area contributed by atoms with Crippen LogP contribution in [0.5, 0.6) is 11.5 Å². The van der Waals surface area contributed by atoms with Gasteiger partial charge >= 0.3 is 0 Å². The first kappa shape index (κ1) is 35.2. The van der Waals surface area contributed by atoms with E-state index >= 15 is 0 Å². The average molecular weight is 805 g/mol. The van der Waals surface area contributed by atoms with Gasteiger partial charge in [-0.3, -0.25) is 0 Å². The fourth-order valence-electron chi connectivity index (χ4n) is 9.72. The second-order valence-electron chi connectivity index (χ2n) is 16.1. The summed E-state index contributed by atoms with van der Waals surface area (Å²) in [5, 5.41) is 8.09. The minimum absolute atomic E-state index is 0.687. The summed E-state index contributed by atoms with van der Waals surface area (Å²) >= 11 is 0. The Morgan fingerprint density at radius 1 is 0.381 bits per heavy atom. The van der Waals surface area contributed by atoms with Gasteiger partial charge in [-0.15, -0.1) is 0 Å². The Bertz CT molecular complexity index is 3780. The van der Waals surface area contributed by atoms with Crippen molar-refractivity contribution < 1.29 is 4.74 Å². The van der Waals surface area contributed by atoms with Crippen molar-refractivity contribution in [3.8, 4) is 51.0 Å². The zero-order valence-electron chi connectivity index (χ0n) is 34.0. The number of para-hydroxylation sites is 3. The molecule has 0 aliphatic carbocycles. The number of nitrogens with zero attached hydrogens (tertiary/aromatic N) is 4. The average Bonchev–Trinajstić information content (AvgIpc) is 3.71. The predicted octanol–water partition coefficient (Wildman–Crippen LogP) is 15.6. The van der Waals surface area contributed by atoms with Gasteiger partial charge in [0.2, 0.25) is 0 Å². The second-order valence-corrected chi connectivity index (χ2v) is 16.1. The summed E-state index contributed by atoms with van der Waals surface area (Å²) in [5.74, 6) is 2.32. The lowest BCUT2D eigenvalue weighted by molar-refractivity contribution is 0.477. The molecule has 2 aromatic heterocycles. The minimum atomic E-state index is 0.687. The molecule has 0 saturated carbocycles. The standard InChI is InChI=1S/C58H36N4O/c1-3-17-39(18-4-1)56-47-32-29-38-16-8-10-24-46(38)57(47)60-58(59-56)41-19-13-22-43(35-41)62-50-27-14-25-45(55(50)54-44-23-9-7-15-37(44)30-34-51(54)62)40-31-33-49-53(36-40)63-52-28-12-11-26-48(52)61(49)42-20-5-2-6-21-42/h1-36H. The van der Waals surface area contributed by atoms with Crippen molar-refractivity contribution >= 4 is 71.3 Å². The molecule has 1 aliphatic heterocycles. The summed E-state index contributed by atoms with van der Waals surface area (Å²) in [6.07, 6.45) is 0. The van der Waals surface area contributed by atoms with Crippen LogP contribution in [0.4, 0.5) is 17.1 Å². The van der Waals surface area contributed by atoms with Crippen molar-refractivity contribution in [1.29, 1.82) is 0 Å². The van der Waals surface area contributed by atoms with Crippen molar-refractivity contribution in [2.24, 2.45) is 0 Å². The molecular formula is C58H36N4O. The van der Waals surface area contributed by atoms with Crippen LogP contribution >= 0.6 is 0 Å². The molecule has 0 unspecified atom stereocenters. The summed E-state index contributed by atoms with van der Waals surface area (Å²) in [7, 11) is 0. The molecule has 0 fully saturated rings. The molecule has 5 heteroatoms. The lowest BCUT2D eigenvalue weighted by Gasteiger charge is -2.33. The molecule has 0 N–H and O–H groups in total. The molecule has 0 atom stereocenters. The van der Waals surface area contributed by atoms with Gasteiger partial charge in [0.1, 0.15) is 0 Å². The topological polar surface area (TPSA) is 43.2 Å². The zero-order chi connectivity index (χ0) is 41.4. The predicted molar refractivity (Wildman–Crippen MR) is 260 cm³/mol. The molecule has 3 heterocycles. The van der Waals surface area contributed by atoms with Crippen LogP contribution in [0.1, 0.15) is 0 Å². The van der Waals surface area contributed by atoms with E-state index in [1.54, 1.807) is 0 Å². The lowest BCUT2D eigenvalue weighted by atomic mass is 9.96. The van der Waals surface area contributed by atoms with Gasteiger partial charge in [0.25, 0.3) is 0 Å². The third-order valence-electron chi connectivity index (χ3n) is 12.5. The Balaban J connectivity index is 1.02. The van der Waals surface area contributed by atoms with Gasteiger partial charge in [0.15, 0.2) is 17.3 Å². The van der Waals surface area contributed by atoms with Crippen LogP contribution in [-0.4, -0.2) is 14.5 Å². The maximum absolute atomic E-state index is 6.72. The number of hydrogen-bond donors (Lipinski definition) is 0. The number of ether oxygens (including phenoxy) is 1. The third-order valence-corrected chi connectivity index (χ3v) is 12.5. The van der Waals surface area contributed by atoms with E-state index in [1.165, 1.54) is 21.5 Å². The van der Waals surface area contributed by atoms with Crippen LogP contribution in [0.25, 0.3) is 93.7 Å². The summed E-state index contributed by atoms with van der Waals surface area (Å²) in [6, 6.07) is 77.2. The van der Waals surface area contributed by atoms with E-state index in [2.05, 4.69) is 210 Å². The minimum Gasteiger partial charge on any atom is -0.453 e. The second kappa shape index (κ2) is 14.0. The number of benzene rings is 10. The molecule has 0 saturated heterocycles. The summed E-state index contributed by atoms with van der Waals surface area (Å²) in [4.78, 5) is 13.0. The van der Waals surface area contributed by atoms with Crippen LogP contribution in [-0.2, 0) is 0 Å². The molecule has 10 aromatic carbocycles. The molecule has 5 nitrogen and oxygen atoms in total. The Kier molecular flexibility index (Phi) is 7.84. The van der Waals surface area contributed by atoms with Gasteiger partial charge in [0.05, 0.1) is 33.6 Å². The van der Waals surface area contributed by atoms with Crippen LogP contribution < -0.4 is 9.64 Å². The molecule has 13 rings (SSSR count). The Morgan fingerprint density at radius 3 is 1.92 bits per heavy atom. The first-order valence-corrected chi connectivity index (χ1v) is 21.3. The number of aromatic nitrogens is 3. The van der Waals surface area contributed by atoms with Gasteiger partial charge < -0.3 is 14.2 Å². The summed E-state index contributed by atoms with van der Waals surface area (Å²) in [6.45, 7) is 0. The SMILES string of the molecule is c1ccc(-c2nc(-c3cccc(-n4c5cccc(-c6ccc7c(c6)Oc6ccccc6N7c6ccccc6)c5c5c6ccccc6ccc54)c3)nc3c2ccc2ccccc23)cc1. The molecule has 63 heavy (non-hydrogen) atoms. The highest BCUT2D eigenvalue weighted by atomic mass is 16.5. The highest BCUT2D eigenvalue weighted by molar-refractivity contribution is 6.25. The molecular weight excluding hydrogens is 769 g/mol. The molecule has 0 radical (unpaired) electrons. The Labute approximate surface area is 363 Å². The van der Waals surface area contributed by atoms with E-state index in [9.17, 15) is 0 Å². The fourth-order valence-corrected chi connectivity index (χ4v) is 9.72. The largest absolute Gasteiger partial charge is 0.453 e. The van der Waals surface area contributed by atoms with Gasteiger partial charge in [-0.05, 0) is 94.0 Å². The number of rotatable bonds is 5. The van der Waals surface area contributed by atoms with Crippen LogP contribution in [0.3, 0.4) is 0 Å². The van der Waals surface area contributed by atoms with E-state index in [4.69, 9.17) is 14.7 Å². The smallest absolute Gasteiger partial charge is 0.160 e. The van der Waals surface area contributed by atoms with Gasteiger partial charge in [-0.2, -0.15) is 0 Å². The van der Waals surface area contributed by atoms with Crippen LogP contribution in [0.15, 0.2) is 218 Å².